The molecule has 16 heavy (non-hydrogen) atoms. The molecule has 0 aliphatic rings. The van der Waals surface area contributed by atoms with Crippen molar-refractivity contribution in [3.05, 3.63) is 32.7 Å². The van der Waals surface area contributed by atoms with Gasteiger partial charge in [0.1, 0.15) is 0 Å². The van der Waals surface area contributed by atoms with Gasteiger partial charge in [0.15, 0.2) is 0 Å². The molecular weight excluding hydrogens is 338 g/mol. The maximum atomic E-state index is 11.7. The SMILES string of the molecule is COCCCNC(=O)c1ccc(Br)cc1Br. The second kappa shape index (κ2) is 7.04. The quantitative estimate of drug-likeness (QED) is 0.829. The lowest BCUT2D eigenvalue weighted by Gasteiger charge is -2.06. The third-order valence-corrected chi connectivity index (χ3v) is 3.14. The lowest BCUT2D eigenvalue weighted by Crippen LogP contribution is -2.25. The second-order valence-corrected chi connectivity index (χ2v) is 5.00. The number of methoxy groups -OCH3 is 1. The van der Waals surface area contributed by atoms with Crippen LogP contribution in [0.4, 0.5) is 0 Å². The van der Waals surface area contributed by atoms with E-state index in [2.05, 4.69) is 37.2 Å². The number of halogens is 2. The van der Waals surface area contributed by atoms with Crippen molar-refractivity contribution in [2.45, 2.75) is 6.42 Å². The summed E-state index contributed by atoms with van der Waals surface area (Å²) in [6.45, 7) is 1.27. The van der Waals surface area contributed by atoms with E-state index in [-0.39, 0.29) is 5.91 Å². The van der Waals surface area contributed by atoms with Crippen molar-refractivity contribution in [1.82, 2.24) is 5.32 Å². The molecule has 0 bridgehead atoms. The fourth-order valence-electron chi connectivity index (χ4n) is 1.19. The van der Waals surface area contributed by atoms with E-state index in [0.29, 0.717) is 18.7 Å². The molecule has 1 N–H and O–H groups in total. The number of rotatable bonds is 5. The van der Waals surface area contributed by atoms with Gasteiger partial charge in [-0.05, 0) is 40.5 Å². The summed E-state index contributed by atoms with van der Waals surface area (Å²) in [5.74, 6) is -0.0736. The number of carbonyl (C=O) groups excluding carboxylic acids is 1. The Balaban J connectivity index is 2.53. The molecule has 0 saturated heterocycles. The molecule has 0 spiro atoms. The van der Waals surface area contributed by atoms with E-state index >= 15 is 0 Å². The van der Waals surface area contributed by atoms with Gasteiger partial charge in [-0.15, -0.1) is 0 Å². The standard InChI is InChI=1S/C11H13Br2NO2/c1-16-6-2-5-14-11(15)9-4-3-8(12)7-10(9)13/h3-4,7H,2,5-6H2,1H3,(H,14,15). The van der Waals surface area contributed by atoms with Gasteiger partial charge in [-0.2, -0.15) is 0 Å². The van der Waals surface area contributed by atoms with Crippen LogP contribution in [0.2, 0.25) is 0 Å². The highest BCUT2D eigenvalue weighted by Gasteiger charge is 2.09. The zero-order valence-corrected chi connectivity index (χ0v) is 12.1. The normalized spacial score (nSPS) is 10.2. The molecular formula is C11H13Br2NO2. The average Bonchev–Trinajstić information content (AvgIpc) is 2.24. The Labute approximate surface area is 112 Å². The van der Waals surface area contributed by atoms with Gasteiger partial charge < -0.3 is 10.1 Å². The Bertz CT molecular complexity index is 369. The zero-order valence-electron chi connectivity index (χ0n) is 8.93. The van der Waals surface area contributed by atoms with Gasteiger partial charge in [0, 0.05) is 29.2 Å². The molecule has 0 aliphatic heterocycles. The van der Waals surface area contributed by atoms with E-state index < -0.39 is 0 Å². The van der Waals surface area contributed by atoms with Crippen LogP contribution in [0, 0.1) is 0 Å². The van der Waals surface area contributed by atoms with Crippen LogP contribution in [0.3, 0.4) is 0 Å². The van der Waals surface area contributed by atoms with Crippen molar-refractivity contribution < 1.29 is 9.53 Å². The van der Waals surface area contributed by atoms with Crippen molar-refractivity contribution in [3.8, 4) is 0 Å². The molecule has 5 heteroatoms. The largest absolute Gasteiger partial charge is 0.385 e. The van der Waals surface area contributed by atoms with Crippen molar-refractivity contribution in [2.75, 3.05) is 20.3 Å². The molecule has 0 aromatic heterocycles. The Morgan fingerprint density at radius 3 is 2.81 bits per heavy atom. The van der Waals surface area contributed by atoms with Crippen LogP contribution in [0.15, 0.2) is 27.1 Å². The van der Waals surface area contributed by atoms with E-state index in [1.54, 1.807) is 13.2 Å². The second-order valence-electron chi connectivity index (χ2n) is 3.23. The van der Waals surface area contributed by atoms with Gasteiger partial charge in [0.2, 0.25) is 0 Å². The summed E-state index contributed by atoms with van der Waals surface area (Å²) in [4.78, 5) is 11.7. The summed E-state index contributed by atoms with van der Waals surface area (Å²) >= 11 is 6.70. The van der Waals surface area contributed by atoms with Crippen molar-refractivity contribution >= 4 is 37.8 Å². The minimum atomic E-state index is -0.0736. The van der Waals surface area contributed by atoms with Crippen LogP contribution < -0.4 is 5.32 Å². The predicted molar refractivity (Wildman–Crippen MR) is 70.7 cm³/mol. The van der Waals surface area contributed by atoms with Crippen molar-refractivity contribution in [1.29, 1.82) is 0 Å². The van der Waals surface area contributed by atoms with Crippen molar-refractivity contribution in [3.63, 3.8) is 0 Å². The van der Waals surface area contributed by atoms with Gasteiger partial charge in [0.05, 0.1) is 5.56 Å². The zero-order chi connectivity index (χ0) is 12.0. The fraction of sp³-hybridized carbons (Fsp3) is 0.364. The first-order chi connectivity index (χ1) is 7.65. The van der Waals surface area contributed by atoms with Gasteiger partial charge in [-0.3, -0.25) is 4.79 Å². The smallest absolute Gasteiger partial charge is 0.252 e. The molecule has 1 rings (SSSR count). The number of amides is 1. The molecule has 1 aromatic rings. The van der Waals surface area contributed by atoms with Crippen LogP contribution >= 0.6 is 31.9 Å². The molecule has 0 atom stereocenters. The van der Waals surface area contributed by atoms with Crippen LogP contribution in [-0.4, -0.2) is 26.2 Å². The Morgan fingerprint density at radius 1 is 1.44 bits per heavy atom. The van der Waals surface area contributed by atoms with Crippen LogP contribution in [0.25, 0.3) is 0 Å². The summed E-state index contributed by atoms with van der Waals surface area (Å²) in [6, 6.07) is 5.47. The van der Waals surface area contributed by atoms with E-state index in [9.17, 15) is 4.79 Å². The van der Waals surface area contributed by atoms with E-state index in [4.69, 9.17) is 4.74 Å². The number of nitrogens with one attached hydrogen (secondary N) is 1. The molecule has 3 nitrogen and oxygen atoms in total. The van der Waals surface area contributed by atoms with Crippen LogP contribution in [-0.2, 0) is 4.74 Å². The first-order valence-electron chi connectivity index (χ1n) is 4.87. The maximum Gasteiger partial charge on any atom is 0.252 e. The highest BCUT2D eigenvalue weighted by Crippen LogP contribution is 2.21. The number of benzene rings is 1. The van der Waals surface area contributed by atoms with Gasteiger partial charge in [-0.25, -0.2) is 0 Å². The van der Waals surface area contributed by atoms with Crippen LogP contribution in [0.5, 0.6) is 0 Å². The fourth-order valence-corrected chi connectivity index (χ4v) is 2.41. The number of carbonyl (C=O) groups is 1. The van der Waals surface area contributed by atoms with E-state index in [1.807, 2.05) is 12.1 Å². The molecule has 1 aromatic carbocycles. The highest BCUT2D eigenvalue weighted by atomic mass is 79.9. The number of hydrogen-bond acceptors (Lipinski definition) is 2. The van der Waals surface area contributed by atoms with Gasteiger partial charge in [0.25, 0.3) is 5.91 Å². The lowest BCUT2D eigenvalue weighted by atomic mass is 10.2. The maximum absolute atomic E-state index is 11.7. The van der Waals surface area contributed by atoms with Gasteiger partial charge >= 0.3 is 0 Å². The molecule has 0 heterocycles. The summed E-state index contributed by atoms with van der Waals surface area (Å²) in [6.07, 6.45) is 0.816. The molecule has 0 radical (unpaired) electrons. The van der Waals surface area contributed by atoms with E-state index in [1.165, 1.54) is 0 Å². The molecule has 0 aliphatic carbocycles. The minimum absolute atomic E-state index is 0.0736. The topological polar surface area (TPSA) is 38.3 Å². The molecule has 0 saturated carbocycles. The number of hydrogen-bond donors (Lipinski definition) is 1. The Kier molecular flexibility index (Phi) is 6.01. The Morgan fingerprint density at radius 2 is 2.19 bits per heavy atom. The molecule has 0 fully saturated rings. The minimum Gasteiger partial charge on any atom is -0.385 e. The lowest BCUT2D eigenvalue weighted by molar-refractivity contribution is 0.0948. The third-order valence-electron chi connectivity index (χ3n) is 1.99. The molecule has 0 unspecified atom stereocenters. The first-order valence-corrected chi connectivity index (χ1v) is 6.46. The summed E-state index contributed by atoms with van der Waals surface area (Å²) < 4.78 is 6.63. The third kappa shape index (κ3) is 4.23. The first kappa shape index (κ1) is 13.7. The van der Waals surface area contributed by atoms with Crippen LogP contribution in [0.1, 0.15) is 16.8 Å². The monoisotopic (exact) mass is 349 g/mol. The Hall–Kier alpha value is -0.390. The van der Waals surface area contributed by atoms with E-state index in [0.717, 1.165) is 15.4 Å². The molecule has 1 amide bonds. The summed E-state index contributed by atoms with van der Waals surface area (Å²) in [5, 5.41) is 2.83. The van der Waals surface area contributed by atoms with Gasteiger partial charge in [-0.1, -0.05) is 15.9 Å². The molecule has 88 valence electrons. The number of ether oxygens (including phenoxy) is 1. The average molecular weight is 351 g/mol. The highest BCUT2D eigenvalue weighted by molar-refractivity contribution is 9.11. The summed E-state index contributed by atoms with van der Waals surface area (Å²) in [7, 11) is 1.65. The van der Waals surface area contributed by atoms with Crippen molar-refractivity contribution in [2.24, 2.45) is 0 Å². The summed E-state index contributed by atoms with van der Waals surface area (Å²) in [5.41, 5.74) is 0.639. The predicted octanol–water partition coefficient (Wildman–Crippen LogP) is 2.98.